The van der Waals surface area contributed by atoms with Gasteiger partial charge in [-0.2, -0.15) is 0 Å². The van der Waals surface area contributed by atoms with E-state index in [0.29, 0.717) is 5.92 Å². The smallest absolute Gasteiger partial charge is 0.0806 e. The molecule has 22 heavy (non-hydrogen) atoms. The molecule has 0 bridgehead atoms. The van der Waals surface area contributed by atoms with Crippen LogP contribution in [-0.2, 0) is 0 Å². The Balaban J connectivity index is 1.88. The van der Waals surface area contributed by atoms with E-state index in [0.717, 1.165) is 5.92 Å². The summed E-state index contributed by atoms with van der Waals surface area (Å²) in [6.07, 6.45) is 13.4. The zero-order valence-electron chi connectivity index (χ0n) is 14.2. The average molecular weight is 311 g/mol. The lowest BCUT2D eigenvalue weighted by atomic mass is 9.91. The van der Waals surface area contributed by atoms with Gasteiger partial charge in [0.2, 0.25) is 0 Å². The minimum absolute atomic E-state index is 0.679. The third-order valence-corrected chi connectivity index (χ3v) is 9.28. The number of rotatable bonds is 5. The molecule has 118 valence electrons. The van der Waals surface area contributed by atoms with Crippen molar-refractivity contribution in [3.63, 3.8) is 0 Å². The summed E-state index contributed by atoms with van der Waals surface area (Å²) in [5.41, 5.74) is 1.66. The minimum atomic E-state index is -1.01. The third kappa shape index (κ3) is 3.63. The SMILES string of the molecule is CC(C)C1=C([SiH](CC2CCCCC2)c2ccccc2)CC=C1. The molecule has 1 aromatic carbocycles. The summed E-state index contributed by atoms with van der Waals surface area (Å²) in [7, 11) is -1.01. The monoisotopic (exact) mass is 310 g/mol. The lowest BCUT2D eigenvalue weighted by Gasteiger charge is -2.28. The number of benzene rings is 1. The van der Waals surface area contributed by atoms with E-state index in [2.05, 4.69) is 56.3 Å². The maximum Gasteiger partial charge on any atom is 0.0986 e. The summed E-state index contributed by atoms with van der Waals surface area (Å²) in [6, 6.07) is 13.0. The normalized spacial score (nSPS) is 20.9. The Kier molecular flexibility index (Phi) is 5.35. The van der Waals surface area contributed by atoms with Crippen molar-refractivity contribution >= 4 is 14.0 Å². The molecule has 2 aliphatic rings. The Morgan fingerprint density at radius 1 is 1.05 bits per heavy atom. The molecule has 1 fully saturated rings. The molecule has 0 amide bonds. The molecule has 0 N–H and O–H groups in total. The lowest BCUT2D eigenvalue weighted by Crippen LogP contribution is -2.35. The molecule has 1 saturated carbocycles. The fourth-order valence-electron chi connectivity index (χ4n) is 4.37. The van der Waals surface area contributed by atoms with E-state index in [1.807, 2.05) is 5.20 Å². The van der Waals surface area contributed by atoms with Crippen molar-refractivity contribution in [2.75, 3.05) is 0 Å². The van der Waals surface area contributed by atoms with E-state index in [4.69, 9.17) is 0 Å². The van der Waals surface area contributed by atoms with Crippen LogP contribution in [0.5, 0.6) is 0 Å². The van der Waals surface area contributed by atoms with Gasteiger partial charge < -0.3 is 0 Å². The Bertz CT molecular complexity index is 532. The second-order valence-electron chi connectivity index (χ2n) is 7.44. The molecule has 0 aromatic heterocycles. The standard InChI is InChI=1S/C21H30Si/c1-17(2)20-14-9-15-21(20)22(19-12-7-4-8-13-19)16-18-10-5-3-6-11-18/h4,7-9,12-14,17-18,22H,3,5-6,10-11,15-16H2,1-2H3. The third-order valence-electron chi connectivity index (χ3n) is 5.54. The topological polar surface area (TPSA) is 0 Å². The second-order valence-corrected chi connectivity index (χ2v) is 10.4. The molecule has 3 rings (SSSR count). The van der Waals surface area contributed by atoms with Crippen LogP contribution in [0.25, 0.3) is 0 Å². The van der Waals surface area contributed by atoms with Crippen LogP contribution in [0, 0.1) is 11.8 Å². The lowest BCUT2D eigenvalue weighted by molar-refractivity contribution is 0.384. The van der Waals surface area contributed by atoms with Gasteiger partial charge in [-0.25, -0.2) is 0 Å². The molecule has 0 radical (unpaired) electrons. The maximum absolute atomic E-state index is 2.42. The summed E-state index contributed by atoms with van der Waals surface area (Å²) in [5, 5.41) is 3.51. The number of hydrogen-bond acceptors (Lipinski definition) is 0. The molecular weight excluding hydrogens is 280 g/mol. The summed E-state index contributed by atoms with van der Waals surface area (Å²) in [6.45, 7) is 4.73. The van der Waals surface area contributed by atoms with Crippen molar-refractivity contribution in [3.05, 3.63) is 53.3 Å². The molecule has 2 aliphatic carbocycles. The van der Waals surface area contributed by atoms with Crippen molar-refractivity contribution < 1.29 is 0 Å². The first-order chi connectivity index (χ1) is 10.8. The van der Waals surface area contributed by atoms with Gasteiger partial charge in [0.05, 0.1) is 8.80 Å². The van der Waals surface area contributed by atoms with Crippen LogP contribution in [0.15, 0.2) is 53.3 Å². The maximum atomic E-state index is 2.42. The predicted octanol–water partition coefficient (Wildman–Crippen LogP) is 5.15. The van der Waals surface area contributed by atoms with E-state index >= 15 is 0 Å². The van der Waals surface area contributed by atoms with E-state index in [-0.39, 0.29) is 0 Å². The van der Waals surface area contributed by atoms with Crippen molar-refractivity contribution in [2.45, 2.75) is 58.4 Å². The first-order valence-corrected chi connectivity index (χ1v) is 11.2. The van der Waals surface area contributed by atoms with Crippen molar-refractivity contribution in [2.24, 2.45) is 11.8 Å². The first-order valence-electron chi connectivity index (χ1n) is 9.20. The molecular formula is C21H30Si. The molecule has 1 aromatic rings. The van der Waals surface area contributed by atoms with Gasteiger partial charge in [-0.3, -0.25) is 0 Å². The van der Waals surface area contributed by atoms with Gasteiger partial charge in [-0.1, -0.05) is 98.8 Å². The van der Waals surface area contributed by atoms with E-state index in [1.54, 1.807) is 10.8 Å². The minimum Gasteiger partial charge on any atom is -0.0806 e. The second kappa shape index (κ2) is 7.46. The summed E-state index contributed by atoms with van der Waals surface area (Å²) >= 11 is 0. The fraction of sp³-hybridized carbons (Fsp3) is 0.524. The Morgan fingerprint density at radius 3 is 2.45 bits per heavy atom. The molecule has 0 aliphatic heterocycles. The van der Waals surface area contributed by atoms with Gasteiger partial charge in [0.25, 0.3) is 0 Å². The van der Waals surface area contributed by atoms with Crippen LogP contribution in [0.4, 0.5) is 0 Å². The fourth-order valence-corrected chi connectivity index (χ4v) is 8.40. The molecule has 1 unspecified atom stereocenters. The largest absolute Gasteiger partial charge is 0.0986 e. The zero-order valence-corrected chi connectivity index (χ0v) is 15.4. The van der Waals surface area contributed by atoms with Crippen LogP contribution < -0.4 is 5.19 Å². The first kappa shape index (κ1) is 15.8. The molecule has 1 atom stereocenters. The highest BCUT2D eigenvalue weighted by Gasteiger charge is 2.27. The highest BCUT2D eigenvalue weighted by atomic mass is 28.3. The highest BCUT2D eigenvalue weighted by molar-refractivity contribution is 6.80. The van der Waals surface area contributed by atoms with Crippen molar-refractivity contribution in [1.29, 1.82) is 0 Å². The molecule has 0 saturated heterocycles. The molecule has 0 spiro atoms. The molecule has 0 heterocycles. The Morgan fingerprint density at radius 2 is 1.77 bits per heavy atom. The highest BCUT2D eigenvalue weighted by Crippen LogP contribution is 2.33. The quantitative estimate of drug-likeness (QED) is 0.660. The Labute approximate surface area is 137 Å². The molecule has 0 nitrogen and oxygen atoms in total. The van der Waals surface area contributed by atoms with Gasteiger partial charge in [0.1, 0.15) is 0 Å². The van der Waals surface area contributed by atoms with Gasteiger partial charge in [0, 0.05) is 0 Å². The van der Waals surface area contributed by atoms with Crippen LogP contribution in [0.3, 0.4) is 0 Å². The van der Waals surface area contributed by atoms with Gasteiger partial charge in [-0.15, -0.1) is 0 Å². The van der Waals surface area contributed by atoms with Crippen molar-refractivity contribution in [3.8, 4) is 0 Å². The zero-order chi connectivity index (χ0) is 15.4. The van der Waals surface area contributed by atoms with Crippen LogP contribution in [0.2, 0.25) is 6.04 Å². The predicted molar refractivity (Wildman–Crippen MR) is 100 cm³/mol. The van der Waals surface area contributed by atoms with Gasteiger partial charge in [-0.05, 0) is 29.9 Å². The van der Waals surface area contributed by atoms with Gasteiger partial charge >= 0.3 is 0 Å². The van der Waals surface area contributed by atoms with Gasteiger partial charge in [0.15, 0.2) is 0 Å². The number of hydrogen-bond donors (Lipinski definition) is 0. The van der Waals surface area contributed by atoms with Crippen molar-refractivity contribution in [1.82, 2.24) is 0 Å². The van der Waals surface area contributed by atoms with E-state index in [9.17, 15) is 0 Å². The number of allylic oxidation sites excluding steroid dienone is 4. The van der Waals surface area contributed by atoms with E-state index in [1.165, 1.54) is 44.6 Å². The Hall–Kier alpha value is -1.08. The van der Waals surface area contributed by atoms with Crippen LogP contribution >= 0.6 is 0 Å². The van der Waals surface area contributed by atoms with E-state index < -0.39 is 8.80 Å². The average Bonchev–Trinajstić information content (AvgIpc) is 3.04. The summed E-state index contributed by atoms with van der Waals surface area (Å²) in [5.74, 6) is 1.67. The van der Waals surface area contributed by atoms with Crippen LogP contribution in [0.1, 0.15) is 52.4 Å². The summed E-state index contributed by atoms with van der Waals surface area (Å²) < 4.78 is 0. The molecule has 1 heteroatoms. The van der Waals surface area contributed by atoms with Crippen LogP contribution in [-0.4, -0.2) is 8.80 Å². The summed E-state index contributed by atoms with van der Waals surface area (Å²) in [4.78, 5) is 0.